The van der Waals surface area contributed by atoms with Crippen LogP contribution >= 0.6 is 0 Å². The van der Waals surface area contributed by atoms with Crippen molar-refractivity contribution in [1.29, 1.82) is 0 Å². The zero-order valence-electron chi connectivity index (χ0n) is 26.3. The molecular weight excluding hydrogens is 560 g/mol. The molecule has 0 saturated heterocycles. The van der Waals surface area contributed by atoms with E-state index < -0.39 is 62.8 Å². The number of phenolic OH excluding ortho intramolecular Hbond substituents is 2. The van der Waals surface area contributed by atoms with E-state index in [9.17, 15) is 34.8 Å². The van der Waals surface area contributed by atoms with E-state index in [4.69, 9.17) is 4.74 Å². The van der Waals surface area contributed by atoms with Crippen molar-refractivity contribution in [3.63, 3.8) is 0 Å². The number of carbonyl (C=O) groups excluding carboxylic acids is 3. The van der Waals surface area contributed by atoms with E-state index in [1.807, 2.05) is 19.9 Å². The van der Waals surface area contributed by atoms with E-state index in [0.717, 1.165) is 30.4 Å². The summed E-state index contributed by atoms with van der Waals surface area (Å²) in [6.45, 7) is 14.0. The van der Waals surface area contributed by atoms with Crippen LogP contribution in [0.5, 0.6) is 17.2 Å². The molecule has 2 aromatic rings. The van der Waals surface area contributed by atoms with Crippen molar-refractivity contribution < 1.29 is 39.5 Å². The van der Waals surface area contributed by atoms with Crippen molar-refractivity contribution in [2.45, 2.75) is 67.2 Å². The lowest BCUT2D eigenvalue weighted by Gasteiger charge is -2.31. The number of hydrogen-bond donors (Lipinski definition) is 4. The first-order chi connectivity index (χ1) is 20.6. The number of ketones is 3. The first-order valence-corrected chi connectivity index (χ1v) is 14.6. The number of aliphatic hydroxyl groups is 2. The van der Waals surface area contributed by atoms with E-state index in [0.29, 0.717) is 0 Å². The van der Waals surface area contributed by atoms with Crippen molar-refractivity contribution in [3.05, 3.63) is 99.6 Å². The summed E-state index contributed by atoms with van der Waals surface area (Å²) >= 11 is 0. The van der Waals surface area contributed by atoms with Crippen LogP contribution in [0.4, 0.5) is 0 Å². The third-order valence-corrected chi connectivity index (χ3v) is 7.76. The predicted octanol–water partition coefficient (Wildman–Crippen LogP) is 7.40. The Morgan fingerprint density at radius 1 is 1.00 bits per heavy atom. The largest absolute Gasteiger partial charge is 0.511 e. The minimum atomic E-state index is -1.54. The standard InChI is InChI=1S/C36H42O8/c1-20(2)12-11-13-22(5)16-17-44-26-19-24(31(39)27(33(26)41)30(38)23-14-9-8-10-15-23)18-25-32(40)28(29(37)21(3)4)35(43)36(6,7)34(25)42/h8-10,14-16,19,21,39-42H,1,11-13,17-18H2,2-7H3/b22-16-. The lowest BCUT2D eigenvalue weighted by molar-refractivity contribution is -0.128. The maximum atomic E-state index is 13.5. The molecule has 0 aliphatic heterocycles. The fourth-order valence-electron chi connectivity index (χ4n) is 4.97. The SMILES string of the molecule is C=C(C)CCC/C(C)=C\COc1cc(CC2=C(O)C(C)(C)C(=O)C(C(=O)C(C)C)=C2O)c(O)c(C(=O)c2ccccc2)c1O. The summed E-state index contributed by atoms with van der Waals surface area (Å²) in [5.41, 5.74) is -0.159. The van der Waals surface area contributed by atoms with Gasteiger partial charge in [0.25, 0.3) is 0 Å². The Morgan fingerprint density at radius 2 is 1.64 bits per heavy atom. The second-order valence-electron chi connectivity index (χ2n) is 12.2. The van der Waals surface area contributed by atoms with Gasteiger partial charge in [-0.15, -0.1) is 6.58 Å². The Balaban J connectivity index is 2.13. The summed E-state index contributed by atoms with van der Waals surface area (Å²) in [6, 6.07) is 9.39. The van der Waals surface area contributed by atoms with Gasteiger partial charge in [-0.1, -0.05) is 55.3 Å². The number of phenols is 2. The molecule has 234 valence electrons. The number of Topliss-reactive ketones (excluding diaryl/α,β-unsaturated/α-hetero) is 2. The second kappa shape index (κ2) is 13.8. The number of aliphatic hydroxyl groups excluding tert-OH is 2. The molecule has 0 atom stereocenters. The molecule has 8 nitrogen and oxygen atoms in total. The van der Waals surface area contributed by atoms with Gasteiger partial charge in [-0.05, 0) is 59.1 Å². The van der Waals surface area contributed by atoms with E-state index in [-0.39, 0.29) is 35.5 Å². The maximum absolute atomic E-state index is 13.5. The number of carbonyl (C=O) groups is 3. The van der Waals surface area contributed by atoms with Crippen LogP contribution in [-0.2, 0) is 16.0 Å². The Bertz CT molecular complexity index is 1570. The lowest BCUT2D eigenvalue weighted by atomic mass is 9.72. The second-order valence-corrected chi connectivity index (χ2v) is 12.2. The average Bonchev–Trinajstić information content (AvgIpc) is 2.96. The molecule has 0 bridgehead atoms. The average molecular weight is 603 g/mol. The highest BCUT2D eigenvalue weighted by molar-refractivity contribution is 6.24. The minimum Gasteiger partial charge on any atom is -0.511 e. The highest BCUT2D eigenvalue weighted by Gasteiger charge is 2.45. The molecule has 0 unspecified atom stereocenters. The predicted molar refractivity (Wildman–Crippen MR) is 169 cm³/mol. The monoisotopic (exact) mass is 602 g/mol. The van der Waals surface area contributed by atoms with Crippen molar-refractivity contribution >= 4 is 17.3 Å². The van der Waals surface area contributed by atoms with Crippen molar-refractivity contribution in [2.75, 3.05) is 6.61 Å². The van der Waals surface area contributed by atoms with Gasteiger partial charge in [0.05, 0.1) is 5.41 Å². The van der Waals surface area contributed by atoms with Crippen LogP contribution < -0.4 is 4.74 Å². The molecular formula is C36H42O8. The number of ether oxygens (including phenoxy) is 1. The Hall–Kier alpha value is -4.59. The van der Waals surface area contributed by atoms with Gasteiger partial charge < -0.3 is 25.2 Å². The van der Waals surface area contributed by atoms with Gasteiger partial charge in [0.2, 0.25) is 5.78 Å². The molecule has 0 heterocycles. The first-order valence-electron chi connectivity index (χ1n) is 14.6. The van der Waals surface area contributed by atoms with E-state index in [1.54, 1.807) is 32.0 Å². The summed E-state index contributed by atoms with van der Waals surface area (Å²) < 4.78 is 5.88. The van der Waals surface area contributed by atoms with Gasteiger partial charge in [0.15, 0.2) is 23.1 Å². The van der Waals surface area contributed by atoms with Crippen LogP contribution in [0.15, 0.2) is 82.9 Å². The first kappa shape index (κ1) is 33.9. The molecule has 8 heteroatoms. The number of hydrogen-bond acceptors (Lipinski definition) is 8. The third-order valence-electron chi connectivity index (χ3n) is 7.76. The summed E-state index contributed by atoms with van der Waals surface area (Å²) in [6.07, 6.45) is 4.13. The van der Waals surface area contributed by atoms with E-state index >= 15 is 0 Å². The normalized spacial score (nSPS) is 15.2. The summed E-state index contributed by atoms with van der Waals surface area (Å²) in [4.78, 5) is 39.6. The molecule has 2 aromatic carbocycles. The van der Waals surface area contributed by atoms with Gasteiger partial charge in [-0.25, -0.2) is 0 Å². The molecule has 1 aliphatic carbocycles. The number of benzene rings is 2. The van der Waals surface area contributed by atoms with Gasteiger partial charge in [-0.3, -0.25) is 14.4 Å². The molecule has 0 fully saturated rings. The fourth-order valence-corrected chi connectivity index (χ4v) is 4.97. The summed E-state index contributed by atoms with van der Waals surface area (Å²) in [5.74, 6) is -5.01. The smallest absolute Gasteiger partial charge is 0.200 e. The summed E-state index contributed by atoms with van der Waals surface area (Å²) in [5, 5.41) is 44.8. The maximum Gasteiger partial charge on any atom is 0.200 e. The fraction of sp³-hybridized carbons (Fsp3) is 0.361. The number of rotatable bonds is 13. The van der Waals surface area contributed by atoms with Gasteiger partial charge in [0.1, 0.15) is 35.0 Å². The molecule has 0 amide bonds. The molecule has 44 heavy (non-hydrogen) atoms. The topological polar surface area (TPSA) is 141 Å². The van der Waals surface area contributed by atoms with Crippen molar-refractivity contribution in [2.24, 2.45) is 11.3 Å². The highest BCUT2D eigenvalue weighted by atomic mass is 16.5. The quantitative estimate of drug-likeness (QED) is 0.106. The van der Waals surface area contributed by atoms with Crippen molar-refractivity contribution in [3.8, 4) is 17.2 Å². The molecule has 4 N–H and O–H groups in total. The van der Waals surface area contributed by atoms with Gasteiger partial charge in [0, 0.05) is 29.0 Å². The van der Waals surface area contributed by atoms with Crippen LogP contribution in [0.3, 0.4) is 0 Å². The zero-order chi connectivity index (χ0) is 32.9. The van der Waals surface area contributed by atoms with Crippen LogP contribution in [0.1, 0.15) is 82.3 Å². The molecule has 1 aliphatic rings. The number of allylic oxidation sites excluding steroid dienone is 5. The van der Waals surface area contributed by atoms with Crippen molar-refractivity contribution in [1.82, 2.24) is 0 Å². The van der Waals surface area contributed by atoms with Gasteiger partial charge >= 0.3 is 0 Å². The zero-order valence-corrected chi connectivity index (χ0v) is 26.3. The highest BCUT2D eigenvalue weighted by Crippen LogP contribution is 2.45. The molecule has 0 spiro atoms. The summed E-state index contributed by atoms with van der Waals surface area (Å²) in [7, 11) is 0. The van der Waals surface area contributed by atoms with Crippen LogP contribution in [0, 0.1) is 11.3 Å². The molecule has 0 radical (unpaired) electrons. The lowest BCUT2D eigenvalue weighted by Crippen LogP contribution is -2.37. The van der Waals surface area contributed by atoms with Crippen LogP contribution in [0.2, 0.25) is 0 Å². The number of aromatic hydroxyl groups is 2. The van der Waals surface area contributed by atoms with E-state index in [2.05, 4.69) is 6.58 Å². The van der Waals surface area contributed by atoms with E-state index in [1.165, 1.54) is 32.0 Å². The van der Waals surface area contributed by atoms with Crippen LogP contribution in [-0.4, -0.2) is 44.4 Å². The van der Waals surface area contributed by atoms with Crippen LogP contribution in [0.25, 0.3) is 0 Å². The molecule has 0 aromatic heterocycles. The Morgan fingerprint density at radius 3 is 2.23 bits per heavy atom. The van der Waals surface area contributed by atoms with Gasteiger partial charge in [-0.2, -0.15) is 0 Å². The Kier molecular flexibility index (Phi) is 10.6. The molecule has 0 saturated carbocycles. The minimum absolute atomic E-state index is 0.0221. The molecule has 3 rings (SSSR count). The third kappa shape index (κ3) is 7.13. The Labute approximate surface area is 258 Å².